The van der Waals surface area contributed by atoms with E-state index in [0.29, 0.717) is 41.0 Å². The molecule has 2 aromatic carbocycles. The Balaban J connectivity index is 1.55. The topological polar surface area (TPSA) is 88.4 Å². The van der Waals surface area contributed by atoms with Crippen molar-refractivity contribution in [1.82, 2.24) is 5.32 Å². The van der Waals surface area contributed by atoms with Gasteiger partial charge in [0.25, 0.3) is 11.8 Å². The molecule has 0 saturated carbocycles. The highest BCUT2D eigenvalue weighted by Gasteiger charge is 2.29. The van der Waals surface area contributed by atoms with Crippen molar-refractivity contribution in [3.8, 4) is 0 Å². The highest BCUT2D eigenvalue weighted by Crippen LogP contribution is 2.30. The summed E-state index contributed by atoms with van der Waals surface area (Å²) in [5, 5.41) is 5.75. The average molecular weight is 416 g/mol. The number of para-hydroxylation sites is 1. The van der Waals surface area contributed by atoms with Gasteiger partial charge in [-0.25, -0.2) is 0 Å². The Labute approximate surface area is 180 Å². The summed E-state index contributed by atoms with van der Waals surface area (Å²) in [7, 11) is 0. The first-order valence-corrected chi connectivity index (χ1v) is 10.4. The van der Waals surface area contributed by atoms with Crippen molar-refractivity contribution in [2.24, 2.45) is 0 Å². The Morgan fingerprint density at radius 1 is 0.968 bits per heavy atom. The van der Waals surface area contributed by atoms with Crippen molar-refractivity contribution >= 4 is 23.3 Å². The minimum absolute atomic E-state index is 0.0104. The predicted molar refractivity (Wildman–Crippen MR) is 117 cm³/mol. The summed E-state index contributed by atoms with van der Waals surface area (Å²) < 4.78 is 5.73. The van der Waals surface area contributed by atoms with E-state index >= 15 is 0 Å². The number of benzene rings is 2. The summed E-state index contributed by atoms with van der Waals surface area (Å²) in [5.41, 5.74) is 2.80. The number of Topliss-reactive ketones (excluding diaryl/α,β-unsaturated/α-hetero) is 1. The summed E-state index contributed by atoms with van der Waals surface area (Å²) in [5.74, 6) is -0.0695. The number of hydrogen-bond donors (Lipinski definition) is 2. The lowest BCUT2D eigenvalue weighted by Crippen LogP contribution is -2.28. The van der Waals surface area contributed by atoms with E-state index in [1.165, 1.54) is 0 Å². The number of rotatable bonds is 5. The molecule has 0 radical (unpaired) electrons. The first-order valence-electron chi connectivity index (χ1n) is 10.4. The zero-order valence-electron chi connectivity index (χ0n) is 17.5. The molecule has 1 aliphatic rings. The van der Waals surface area contributed by atoms with E-state index in [9.17, 15) is 14.4 Å². The predicted octanol–water partition coefficient (Wildman–Crippen LogP) is 4.85. The molecule has 1 aromatic heterocycles. The summed E-state index contributed by atoms with van der Waals surface area (Å²) in [6.07, 6.45) is 1.84. The van der Waals surface area contributed by atoms with Gasteiger partial charge in [0.05, 0.1) is 22.9 Å². The number of aryl methyl sites for hydroxylation is 1. The molecule has 4 rings (SSSR count). The van der Waals surface area contributed by atoms with Gasteiger partial charge >= 0.3 is 0 Å². The van der Waals surface area contributed by atoms with Crippen LogP contribution in [0, 0.1) is 6.92 Å². The lowest BCUT2D eigenvalue weighted by atomic mass is 9.94. The van der Waals surface area contributed by atoms with E-state index in [1.807, 2.05) is 37.3 Å². The zero-order valence-corrected chi connectivity index (χ0v) is 17.5. The van der Waals surface area contributed by atoms with Crippen LogP contribution in [0.5, 0.6) is 0 Å². The molecule has 0 aliphatic heterocycles. The molecule has 1 aliphatic carbocycles. The number of ketones is 1. The molecule has 6 nitrogen and oxygen atoms in total. The van der Waals surface area contributed by atoms with E-state index in [-0.39, 0.29) is 23.5 Å². The largest absolute Gasteiger partial charge is 0.455 e. The SMILES string of the molecule is Cc1c(C(=O)Nc2ccccc2C(=O)N[C@@H](C)c2ccccc2)oc2c1C(=O)CCC2. The lowest BCUT2D eigenvalue weighted by molar-refractivity contribution is 0.0938. The number of anilines is 1. The second-order valence-corrected chi connectivity index (χ2v) is 7.74. The second-order valence-electron chi connectivity index (χ2n) is 7.74. The van der Waals surface area contributed by atoms with Gasteiger partial charge in [-0.05, 0) is 38.0 Å². The van der Waals surface area contributed by atoms with Gasteiger partial charge in [-0.15, -0.1) is 0 Å². The minimum Gasteiger partial charge on any atom is -0.455 e. The van der Waals surface area contributed by atoms with Crippen LogP contribution < -0.4 is 10.6 Å². The van der Waals surface area contributed by atoms with Crippen LogP contribution in [0.2, 0.25) is 0 Å². The molecule has 158 valence electrons. The molecule has 1 atom stereocenters. The van der Waals surface area contributed by atoms with Crippen molar-refractivity contribution in [3.05, 3.63) is 88.4 Å². The van der Waals surface area contributed by atoms with Crippen LogP contribution in [0.3, 0.4) is 0 Å². The number of fused-ring (bicyclic) bond motifs is 1. The number of carbonyl (C=O) groups is 3. The van der Waals surface area contributed by atoms with Gasteiger partial charge in [-0.2, -0.15) is 0 Å². The third-order valence-corrected chi connectivity index (χ3v) is 5.58. The smallest absolute Gasteiger partial charge is 0.291 e. The maximum Gasteiger partial charge on any atom is 0.291 e. The van der Waals surface area contributed by atoms with E-state index < -0.39 is 5.91 Å². The Kier molecular flexibility index (Phi) is 5.71. The molecular weight excluding hydrogens is 392 g/mol. The van der Waals surface area contributed by atoms with E-state index in [2.05, 4.69) is 10.6 Å². The Morgan fingerprint density at radius 3 is 2.42 bits per heavy atom. The molecule has 3 aromatic rings. The number of amides is 2. The molecular formula is C25H24N2O4. The molecule has 2 amide bonds. The van der Waals surface area contributed by atoms with Crippen LogP contribution in [0.15, 0.2) is 59.0 Å². The second kappa shape index (κ2) is 8.60. The van der Waals surface area contributed by atoms with Crippen molar-refractivity contribution < 1.29 is 18.8 Å². The van der Waals surface area contributed by atoms with Crippen molar-refractivity contribution in [3.63, 3.8) is 0 Å². The first kappa shape index (κ1) is 20.6. The molecule has 0 fully saturated rings. The zero-order chi connectivity index (χ0) is 22.0. The molecule has 6 heteroatoms. The van der Waals surface area contributed by atoms with Crippen LogP contribution in [0.4, 0.5) is 5.69 Å². The van der Waals surface area contributed by atoms with Crippen LogP contribution in [-0.4, -0.2) is 17.6 Å². The Bertz CT molecular complexity index is 1150. The van der Waals surface area contributed by atoms with Crippen LogP contribution in [-0.2, 0) is 6.42 Å². The maximum atomic E-state index is 12.9. The van der Waals surface area contributed by atoms with Gasteiger partial charge < -0.3 is 15.1 Å². The Morgan fingerprint density at radius 2 is 1.68 bits per heavy atom. The van der Waals surface area contributed by atoms with Crippen LogP contribution in [0.25, 0.3) is 0 Å². The normalized spacial score (nSPS) is 13.9. The highest BCUT2D eigenvalue weighted by molar-refractivity contribution is 6.10. The minimum atomic E-state index is -0.476. The number of furan rings is 1. The fourth-order valence-electron chi connectivity index (χ4n) is 3.93. The monoisotopic (exact) mass is 416 g/mol. The standard InChI is InChI=1S/C25H24N2O4/c1-15-22-20(28)13-8-14-21(22)31-23(15)25(30)27-19-12-7-6-11-18(19)24(29)26-16(2)17-9-4-3-5-10-17/h3-7,9-12,16H,8,13-14H2,1-2H3,(H,26,29)(H,27,30)/t16-/m0/s1. The van der Waals surface area contributed by atoms with Crippen molar-refractivity contribution in [2.45, 2.75) is 39.2 Å². The number of hydrogen-bond acceptors (Lipinski definition) is 4. The number of carbonyl (C=O) groups excluding carboxylic acids is 3. The first-order chi connectivity index (χ1) is 15.0. The van der Waals surface area contributed by atoms with E-state index in [4.69, 9.17) is 4.42 Å². The summed E-state index contributed by atoms with van der Waals surface area (Å²) in [6, 6.07) is 16.3. The molecule has 0 bridgehead atoms. The summed E-state index contributed by atoms with van der Waals surface area (Å²) in [4.78, 5) is 38.1. The van der Waals surface area contributed by atoms with Crippen LogP contribution in [0.1, 0.15) is 74.0 Å². The number of nitrogens with one attached hydrogen (secondary N) is 2. The summed E-state index contributed by atoms with van der Waals surface area (Å²) in [6.45, 7) is 3.63. The highest BCUT2D eigenvalue weighted by atomic mass is 16.4. The maximum absolute atomic E-state index is 12.9. The molecule has 0 saturated heterocycles. The Hall–Kier alpha value is -3.67. The molecule has 0 unspecified atom stereocenters. The van der Waals surface area contributed by atoms with E-state index in [0.717, 1.165) is 12.0 Å². The molecule has 1 heterocycles. The quantitative estimate of drug-likeness (QED) is 0.622. The molecule has 31 heavy (non-hydrogen) atoms. The summed E-state index contributed by atoms with van der Waals surface area (Å²) >= 11 is 0. The van der Waals surface area contributed by atoms with Crippen molar-refractivity contribution in [1.29, 1.82) is 0 Å². The van der Waals surface area contributed by atoms with E-state index in [1.54, 1.807) is 31.2 Å². The van der Waals surface area contributed by atoms with Gasteiger partial charge in [0, 0.05) is 18.4 Å². The van der Waals surface area contributed by atoms with Gasteiger partial charge in [-0.3, -0.25) is 14.4 Å². The fourth-order valence-corrected chi connectivity index (χ4v) is 3.93. The molecule has 0 spiro atoms. The van der Waals surface area contributed by atoms with Gasteiger partial charge in [0.1, 0.15) is 5.76 Å². The third-order valence-electron chi connectivity index (χ3n) is 5.58. The van der Waals surface area contributed by atoms with Crippen LogP contribution >= 0.6 is 0 Å². The lowest BCUT2D eigenvalue weighted by Gasteiger charge is -2.16. The third kappa shape index (κ3) is 4.14. The van der Waals surface area contributed by atoms with Gasteiger partial charge in [0.15, 0.2) is 11.5 Å². The fraction of sp³-hybridized carbons (Fsp3) is 0.240. The average Bonchev–Trinajstić information content (AvgIpc) is 3.12. The molecule has 2 N–H and O–H groups in total. The van der Waals surface area contributed by atoms with Gasteiger partial charge in [0.2, 0.25) is 0 Å². The van der Waals surface area contributed by atoms with Crippen molar-refractivity contribution in [2.75, 3.05) is 5.32 Å². The van der Waals surface area contributed by atoms with Gasteiger partial charge in [-0.1, -0.05) is 42.5 Å².